The van der Waals surface area contributed by atoms with Crippen LogP contribution in [0, 0.1) is 17.8 Å². The molecule has 1 heteroatoms. The van der Waals surface area contributed by atoms with Gasteiger partial charge in [0, 0.05) is 12.1 Å². The Balaban J connectivity index is 1.50. The second-order valence-corrected chi connectivity index (χ2v) is 5.84. The molecule has 3 rings (SSSR count). The maximum atomic E-state index is 3.91. The largest absolute Gasteiger partial charge is 0.311 e. The third-order valence-corrected chi connectivity index (χ3v) is 4.93. The predicted octanol–water partition coefficient (Wildman–Crippen LogP) is 2.95. The summed E-state index contributed by atoms with van der Waals surface area (Å²) >= 11 is 0. The van der Waals surface area contributed by atoms with Crippen molar-refractivity contribution in [2.75, 3.05) is 0 Å². The summed E-state index contributed by atoms with van der Waals surface area (Å²) in [5, 5.41) is 3.91. The number of fused-ring (bicyclic) bond motifs is 1. The smallest absolute Gasteiger partial charge is 0.0101 e. The maximum Gasteiger partial charge on any atom is 0.0101 e. The molecule has 0 saturated heterocycles. The maximum absolute atomic E-state index is 3.91. The first-order chi connectivity index (χ1) is 6.84. The summed E-state index contributed by atoms with van der Waals surface area (Å²) in [7, 11) is 0. The summed E-state index contributed by atoms with van der Waals surface area (Å²) in [6, 6.07) is 1.69. The monoisotopic (exact) mass is 193 g/mol. The highest BCUT2D eigenvalue weighted by molar-refractivity contribution is 5.02. The van der Waals surface area contributed by atoms with Crippen LogP contribution in [0.4, 0.5) is 0 Å². The highest BCUT2D eigenvalue weighted by Crippen LogP contribution is 2.52. The Bertz CT molecular complexity index is 207. The lowest BCUT2D eigenvalue weighted by atomic mass is 9.98. The van der Waals surface area contributed by atoms with Gasteiger partial charge in [0.2, 0.25) is 0 Å². The van der Waals surface area contributed by atoms with Crippen LogP contribution in [0.2, 0.25) is 0 Å². The standard InChI is InChI=1S/C13H23N/c1-9(10-4-2-3-5-10)14-13-7-6-11-8-12(11)13/h9-14H,2-8H2,1H3/t9-,11?,12?,13?/m0/s1. The van der Waals surface area contributed by atoms with Crippen molar-refractivity contribution in [2.45, 2.75) is 64.0 Å². The first-order valence-electron chi connectivity index (χ1n) is 6.60. The lowest BCUT2D eigenvalue weighted by Crippen LogP contribution is -2.40. The summed E-state index contributed by atoms with van der Waals surface area (Å²) in [6.45, 7) is 2.42. The SMILES string of the molecule is C[C@H](NC1CCC2CC21)C1CCCC1. The zero-order valence-corrected chi connectivity index (χ0v) is 9.34. The second kappa shape index (κ2) is 3.52. The topological polar surface area (TPSA) is 12.0 Å². The van der Waals surface area contributed by atoms with Crippen LogP contribution in [0.5, 0.6) is 0 Å². The molecule has 1 N–H and O–H groups in total. The molecule has 3 fully saturated rings. The van der Waals surface area contributed by atoms with E-state index in [-0.39, 0.29) is 0 Å². The van der Waals surface area contributed by atoms with Gasteiger partial charge in [0.25, 0.3) is 0 Å². The molecule has 1 nitrogen and oxygen atoms in total. The molecule has 0 spiro atoms. The molecule has 0 amide bonds. The van der Waals surface area contributed by atoms with Crippen molar-refractivity contribution in [1.82, 2.24) is 5.32 Å². The first-order valence-corrected chi connectivity index (χ1v) is 6.60. The van der Waals surface area contributed by atoms with Crippen molar-refractivity contribution in [3.8, 4) is 0 Å². The van der Waals surface area contributed by atoms with E-state index in [0.29, 0.717) is 0 Å². The van der Waals surface area contributed by atoms with E-state index in [9.17, 15) is 0 Å². The number of nitrogens with one attached hydrogen (secondary N) is 1. The van der Waals surface area contributed by atoms with Gasteiger partial charge in [0.1, 0.15) is 0 Å². The van der Waals surface area contributed by atoms with Gasteiger partial charge in [-0.3, -0.25) is 0 Å². The van der Waals surface area contributed by atoms with E-state index in [1.807, 2.05) is 0 Å². The van der Waals surface area contributed by atoms with Gasteiger partial charge in [0.15, 0.2) is 0 Å². The summed E-state index contributed by atoms with van der Waals surface area (Å²) in [5.74, 6) is 3.20. The Morgan fingerprint density at radius 2 is 1.86 bits per heavy atom. The summed E-state index contributed by atoms with van der Waals surface area (Å²) < 4.78 is 0. The van der Waals surface area contributed by atoms with Gasteiger partial charge >= 0.3 is 0 Å². The minimum atomic E-state index is 0.793. The molecule has 80 valence electrons. The lowest BCUT2D eigenvalue weighted by molar-refractivity contribution is 0.327. The van der Waals surface area contributed by atoms with Crippen LogP contribution in [-0.2, 0) is 0 Å². The van der Waals surface area contributed by atoms with Crippen molar-refractivity contribution < 1.29 is 0 Å². The average molecular weight is 193 g/mol. The van der Waals surface area contributed by atoms with Crippen LogP contribution in [0.15, 0.2) is 0 Å². The van der Waals surface area contributed by atoms with Crippen LogP contribution in [0.25, 0.3) is 0 Å². The van der Waals surface area contributed by atoms with E-state index in [1.54, 1.807) is 0 Å². The lowest BCUT2D eigenvalue weighted by Gasteiger charge is -2.25. The van der Waals surface area contributed by atoms with Crippen LogP contribution in [0.3, 0.4) is 0 Å². The van der Waals surface area contributed by atoms with Gasteiger partial charge in [-0.1, -0.05) is 12.8 Å². The number of rotatable bonds is 3. The molecule has 4 atom stereocenters. The van der Waals surface area contributed by atoms with Crippen molar-refractivity contribution in [2.24, 2.45) is 17.8 Å². The van der Waals surface area contributed by atoms with E-state index in [2.05, 4.69) is 12.2 Å². The Hall–Kier alpha value is -0.0400. The Morgan fingerprint density at radius 3 is 2.43 bits per heavy atom. The first kappa shape index (κ1) is 9.21. The Labute approximate surface area is 87.7 Å². The molecule has 0 aromatic rings. The van der Waals surface area contributed by atoms with E-state index in [0.717, 1.165) is 29.8 Å². The highest BCUT2D eigenvalue weighted by Gasteiger charge is 2.48. The fourth-order valence-corrected chi connectivity index (χ4v) is 3.84. The average Bonchev–Trinajstić information content (AvgIpc) is 2.66. The van der Waals surface area contributed by atoms with Crippen LogP contribution in [-0.4, -0.2) is 12.1 Å². The minimum Gasteiger partial charge on any atom is -0.311 e. The van der Waals surface area contributed by atoms with E-state index < -0.39 is 0 Å². The minimum absolute atomic E-state index is 0.793. The zero-order valence-electron chi connectivity index (χ0n) is 9.34. The van der Waals surface area contributed by atoms with Gasteiger partial charge in [-0.25, -0.2) is 0 Å². The molecule has 0 radical (unpaired) electrons. The molecule has 3 saturated carbocycles. The van der Waals surface area contributed by atoms with Crippen molar-refractivity contribution in [3.05, 3.63) is 0 Å². The Morgan fingerprint density at radius 1 is 1.07 bits per heavy atom. The van der Waals surface area contributed by atoms with Crippen molar-refractivity contribution in [1.29, 1.82) is 0 Å². The fourth-order valence-electron chi connectivity index (χ4n) is 3.84. The molecule has 0 bridgehead atoms. The number of hydrogen-bond donors (Lipinski definition) is 1. The third kappa shape index (κ3) is 1.60. The molecular weight excluding hydrogens is 170 g/mol. The van der Waals surface area contributed by atoms with E-state index in [1.165, 1.54) is 44.9 Å². The van der Waals surface area contributed by atoms with Gasteiger partial charge < -0.3 is 5.32 Å². The van der Waals surface area contributed by atoms with E-state index >= 15 is 0 Å². The number of hydrogen-bond acceptors (Lipinski definition) is 1. The molecule has 14 heavy (non-hydrogen) atoms. The molecule has 3 unspecified atom stereocenters. The third-order valence-electron chi connectivity index (χ3n) is 4.93. The van der Waals surface area contributed by atoms with Crippen LogP contribution in [0.1, 0.15) is 51.9 Å². The predicted molar refractivity (Wildman–Crippen MR) is 59.2 cm³/mol. The summed E-state index contributed by atoms with van der Waals surface area (Å²) in [4.78, 5) is 0. The van der Waals surface area contributed by atoms with Crippen LogP contribution < -0.4 is 5.32 Å². The highest BCUT2D eigenvalue weighted by atomic mass is 15.0. The molecule has 0 aliphatic heterocycles. The second-order valence-electron chi connectivity index (χ2n) is 5.84. The summed E-state index contributed by atoms with van der Waals surface area (Å²) in [6.07, 6.45) is 10.4. The van der Waals surface area contributed by atoms with Gasteiger partial charge in [0.05, 0.1) is 0 Å². The molecule has 3 aliphatic carbocycles. The summed E-state index contributed by atoms with van der Waals surface area (Å²) in [5.41, 5.74) is 0. The molecular formula is C13H23N. The van der Waals surface area contributed by atoms with Crippen molar-refractivity contribution >= 4 is 0 Å². The van der Waals surface area contributed by atoms with Crippen molar-refractivity contribution in [3.63, 3.8) is 0 Å². The Kier molecular flexibility index (Phi) is 2.31. The molecule has 0 aromatic heterocycles. The van der Waals surface area contributed by atoms with Gasteiger partial charge in [-0.2, -0.15) is 0 Å². The van der Waals surface area contributed by atoms with Gasteiger partial charge in [-0.05, 0) is 56.8 Å². The van der Waals surface area contributed by atoms with Gasteiger partial charge in [-0.15, -0.1) is 0 Å². The normalized spacial score (nSPS) is 43.9. The molecule has 3 aliphatic rings. The molecule has 0 aromatic carbocycles. The molecule has 0 heterocycles. The van der Waals surface area contributed by atoms with E-state index in [4.69, 9.17) is 0 Å². The fraction of sp³-hybridized carbons (Fsp3) is 1.00. The zero-order chi connectivity index (χ0) is 9.54. The quantitative estimate of drug-likeness (QED) is 0.726. The van der Waals surface area contributed by atoms with Crippen LogP contribution >= 0.6 is 0 Å².